The summed E-state index contributed by atoms with van der Waals surface area (Å²) in [7, 11) is 9.67. The molecule has 0 unspecified atom stereocenters. The van der Waals surface area contributed by atoms with Crippen LogP contribution in [0.25, 0.3) is 0 Å². The van der Waals surface area contributed by atoms with E-state index in [0.29, 0.717) is 0 Å². The molecule has 0 aromatic carbocycles. The van der Waals surface area contributed by atoms with Crippen molar-refractivity contribution in [1.82, 2.24) is 0 Å². The predicted molar refractivity (Wildman–Crippen MR) is 33.8 cm³/mol. The van der Waals surface area contributed by atoms with Crippen molar-refractivity contribution in [1.29, 1.82) is 0 Å². The first kappa shape index (κ1) is 8.25. The third kappa shape index (κ3) is 6.25. The second-order valence-corrected chi connectivity index (χ2v) is 7.51. The van der Waals surface area contributed by atoms with Crippen LogP contribution in [-0.2, 0) is 4.79 Å². The van der Waals surface area contributed by atoms with Crippen LogP contribution < -0.4 is 0 Å². The van der Waals surface area contributed by atoms with Gasteiger partial charge in [0.2, 0.25) is 15.8 Å². The van der Waals surface area contributed by atoms with E-state index in [1.807, 2.05) is 0 Å². The SMILES string of the molecule is O=C=N[Si]C([Si])([Si])[Si]. The summed E-state index contributed by atoms with van der Waals surface area (Å²) in [5.41, 5.74) is 0. The first-order chi connectivity index (χ1) is 3.56. The molecule has 0 saturated heterocycles. The lowest BCUT2D eigenvalue weighted by atomic mass is 11.7. The maximum absolute atomic E-state index is 9.50. The first-order valence-corrected chi connectivity index (χ1v) is 4.10. The molecule has 0 aromatic rings. The molecule has 0 fully saturated rings. The van der Waals surface area contributed by atoms with E-state index in [1.165, 1.54) is 6.08 Å². The van der Waals surface area contributed by atoms with Crippen molar-refractivity contribution in [2.45, 2.75) is 3.91 Å². The Morgan fingerprint density at radius 1 is 1.50 bits per heavy atom. The molecule has 0 aliphatic carbocycles. The van der Waals surface area contributed by atoms with E-state index >= 15 is 0 Å². The Morgan fingerprint density at radius 3 is 2.12 bits per heavy atom. The second kappa shape index (κ2) is 3.31. The summed E-state index contributed by atoms with van der Waals surface area (Å²) in [6.45, 7) is 0. The fraction of sp³-hybridized carbons (Fsp3) is 0.500. The Morgan fingerprint density at radius 2 is 2.00 bits per heavy atom. The Bertz CT molecular complexity index is 112. The van der Waals surface area contributed by atoms with Crippen LogP contribution in [0.2, 0.25) is 3.91 Å². The van der Waals surface area contributed by atoms with Crippen LogP contribution in [0.5, 0.6) is 0 Å². The highest BCUT2D eigenvalue weighted by molar-refractivity contribution is 6.80. The molecule has 8 heavy (non-hydrogen) atoms. The van der Waals surface area contributed by atoms with Crippen LogP contribution >= 0.6 is 0 Å². The second-order valence-electron chi connectivity index (χ2n) is 1.06. The number of isocyanates is 1. The highest BCUT2D eigenvalue weighted by atomic mass is 28.4. The van der Waals surface area contributed by atoms with Gasteiger partial charge < -0.3 is 0 Å². The van der Waals surface area contributed by atoms with Crippen LogP contribution in [0.4, 0.5) is 0 Å². The molecule has 0 rings (SSSR count). The minimum atomic E-state index is -0.433. The molecule has 0 bridgehead atoms. The zero-order valence-electron chi connectivity index (χ0n) is 3.86. The van der Waals surface area contributed by atoms with Gasteiger partial charge in [0.25, 0.3) is 0 Å². The molecular weight excluding hydrogens is 166 g/mol. The van der Waals surface area contributed by atoms with Crippen LogP contribution in [0.1, 0.15) is 0 Å². The fourth-order valence-electron chi connectivity index (χ4n) is 0.107. The van der Waals surface area contributed by atoms with Crippen LogP contribution in [0, 0.1) is 0 Å². The van der Waals surface area contributed by atoms with Gasteiger partial charge in [-0.1, -0.05) is 0 Å². The molecule has 0 spiro atoms. The van der Waals surface area contributed by atoms with Gasteiger partial charge in [0, 0.05) is 30.7 Å². The molecule has 6 heteroatoms. The molecule has 11 radical (unpaired) electrons. The largest absolute Gasteiger partial charge is 0.250 e. The number of rotatable bonds is 2. The van der Waals surface area contributed by atoms with Crippen molar-refractivity contribution >= 4 is 46.5 Å². The summed E-state index contributed by atoms with van der Waals surface area (Å²) in [4.78, 5) is 9.50. The third-order valence-corrected chi connectivity index (χ3v) is 1.81. The minimum absolute atomic E-state index is 0.0837. The smallest absolute Gasteiger partial charge is 0.224 e. The van der Waals surface area contributed by atoms with E-state index in [1.54, 1.807) is 0 Å². The number of hydrogen-bond donors (Lipinski definition) is 0. The molecule has 0 atom stereocenters. The lowest BCUT2D eigenvalue weighted by Crippen LogP contribution is -2.19. The van der Waals surface area contributed by atoms with Gasteiger partial charge in [0.05, 0.1) is 0 Å². The van der Waals surface area contributed by atoms with Crippen molar-refractivity contribution < 1.29 is 4.79 Å². The molecule has 0 saturated carbocycles. The number of hydrogen-bond acceptors (Lipinski definition) is 2. The predicted octanol–water partition coefficient (Wildman–Crippen LogP) is -1.52. The average Bonchev–Trinajstić information content (AvgIpc) is 1.59. The van der Waals surface area contributed by atoms with Crippen molar-refractivity contribution in [3.63, 3.8) is 0 Å². The van der Waals surface area contributed by atoms with Gasteiger partial charge in [-0.25, -0.2) is 4.79 Å². The lowest BCUT2D eigenvalue weighted by molar-refractivity contribution is 0.566. The summed E-state index contributed by atoms with van der Waals surface area (Å²) in [5.74, 6) is 0. The van der Waals surface area contributed by atoms with Gasteiger partial charge in [0.15, 0.2) is 0 Å². The molecule has 2 nitrogen and oxygen atoms in total. The molecule has 0 N–H and O–H groups in total. The monoisotopic (exact) mass is 166 g/mol. The van der Waals surface area contributed by atoms with Gasteiger partial charge in [-0.3, -0.25) is 4.66 Å². The number of nitrogens with zero attached hydrogens (tertiary/aromatic N) is 1. The van der Waals surface area contributed by atoms with E-state index in [2.05, 4.69) is 35.4 Å². The molecule has 0 aliphatic heterocycles. The highest BCUT2D eigenvalue weighted by Crippen LogP contribution is 2.03. The van der Waals surface area contributed by atoms with Crippen molar-refractivity contribution in [2.24, 2.45) is 4.66 Å². The minimum Gasteiger partial charge on any atom is -0.250 e. The zero-order chi connectivity index (χ0) is 6.62. The summed E-state index contributed by atoms with van der Waals surface area (Å²) in [6, 6.07) is 0. The van der Waals surface area contributed by atoms with E-state index < -0.39 is 3.91 Å². The lowest BCUT2D eigenvalue weighted by Gasteiger charge is -2.08. The standard InChI is InChI=1S/C2NOSi4/c4-1-3-8-2(5,6)7. The van der Waals surface area contributed by atoms with Crippen molar-refractivity contribution in [2.75, 3.05) is 0 Å². The van der Waals surface area contributed by atoms with E-state index in [-0.39, 0.29) is 9.68 Å². The molecular formula is C2NOSi4. The van der Waals surface area contributed by atoms with Crippen molar-refractivity contribution in [3.8, 4) is 0 Å². The molecule has 35 valence electrons. The maximum atomic E-state index is 9.50. The van der Waals surface area contributed by atoms with E-state index in [0.717, 1.165) is 0 Å². The summed E-state index contributed by atoms with van der Waals surface area (Å²) >= 11 is 0. The molecule has 0 heterocycles. The summed E-state index contributed by atoms with van der Waals surface area (Å²) in [5, 5.41) is 0. The van der Waals surface area contributed by atoms with Gasteiger partial charge in [0.1, 0.15) is 0 Å². The topological polar surface area (TPSA) is 29.4 Å². The summed E-state index contributed by atoms with van der Waals surface area (Å²) in [6.07, 6.45) is 1.42. The van der Waals surface area contributed by atoms with E-state index in [4.69, 9.17) is 0 Å². The Labute approximate surface area is 60.3 Å². The van der Waals surface area contributed by atoms with E-state index in [9.17, 15) is 4.79 Å². The quantitative estimate of drug-likeness (QED) is 0.278. The third-order valence-electron chi connectivity index (χ3n) is 0.269. The average molecular weight is 166 g/mol. The Hall–Kier alpha value is 0.248. The summed E-state index contributed by atoms with van der Waals surface area (Å²) < 4.78 is 2.89. The molecule has 0 aliphatic rings. The molecule has 0 amide bonds. The van der Waals surface area contributed by atoms with Gasteiger partial charge >= 0.3 is 0 Å². The highest BCUT2D eigenvalue weighted by Gasteiger charge is 2.11. The van der Waals surface area contributed by atoms with Gasteiger partial charge in [-0.05, 0) is 3.91 Å². The maximum Gasteiger partial charge on any atom is 0.224 e. The normalized spacial score (nSPS) is 10.4. The number of carbonyl (C=O) groups excluding carboxylic acids is 1. The van der Waals surface area contributed by atoms with Gasteiger partial charge in [-0.2, -0.15) is 0 Å². The van der Waals surface area contributed by atoms with Crippen LogP contribution in [0.3, 0.4) is 0 Å². The molecule has 0 aromatic heterocycles. The van der Waals surface area contributed by atoms with Crippen LogP contribution in [-0.4, -0.2) is 46.5 Å². The Balaban J connectivity index is 3.55. The zero-order valence-corrected chi connectivity index (χ0v) is 7.86. The Kier molecular flexibility index (Phi) is 3.41. The fourth-order valence-corrected chi connectivity index (χ4v) is 0.823. The van der Waals surface area contributed by atoms with Gasteiger partial charge in [-0.15, -0.1) is 0 Å². The first-order valence-electron chi connectivity index (χ1n) is 1.65. The van der Waals surface area contributed by atoms with Crippen molar-refractivity contribution in [3.05, 3.63) is 0 Å². The van der Waals surface area contributed by atoms with Crippen LogP contribution in [0.15, 0.2) is 4.66 Å².